The van der Waals surface area contributed by atoms with Crippen molar-refractivity contribution >= 4 is 43.8 Å². The minimum absolute atomic E-state index is 1.27. The summed E-state index contributed by atoms with van der Waals surface area (Å²) in [6.07, 6.45) is 0. The number of benzene rings is 6. The molecule has 0 heteroatoms. The van der Waals surface area contributed by atoms with E-state index >= 15 is 0 Å². The third kappa shape index (κ3) is 2.59. The summed E-state index contributed by atoms with van der Waals surface area (Å²) in [5.74, 6) is 0. The van der Waals surface area contributed by atoms with Crippen molar-refractivity contribution in [3.8, 4) is 0 Å². The van der Waals surface area contributed by atoms with Crippen molar-refractivity contribution in [2.75, 3.05) is 0 Å². The van der Waals surface area contributed by atoms with E-state index in [9.17, 15) is 0 Å². The van der Waals surface area contributed by atoms with Crippen molar-refractivity contribution in [2.24, 2.45) is 0 Å². The zero-order valence-corrected chi connectivity index (χ0v) is 19.7. The number of hydrogen-bond donors (Lipinski definition) is 0. The molecule has 0 saturated heterocycles. The largest absolute Gasteiger partial charge is 0.0622 e. The summed E-state index contributed by atoms with van der Waals surface area (Å²) in [6, 6.07) is 48.8. The minimum atomic E-state index is 1.27. The molecule has 0 bridgehead atoms. The van der Waals surface area contributed by atoms with Crippen LogP contribution >= 0.6 is 0 Å². The molecule has 6 aromatic carbocycles. The van der Waals surface area contributed by atoms with E-state index in [4.69, 9.17) is 0 Å². The van der Waals surface area contributed by atoms with Gasteiger partial charge in [-0.15, -0.1) is 0 Å². The first-order valence-electron chi connectivity index (χ1n) is 12.5. The fourth-order valence-corrected chi connectivity index (χ4v) is 6.32. The Morgan fingerprint density at radius 1 is 0.278 bits per heavy atom. The van der Waals surface area contributed by atoms with Gasteiger partial charge in [-0.05, 0) is 75.8 Å². The predicted octanol–water partition coefficient (Wildman–Crippen LogP) is 5.42. The van der Waals surface area contributed by atoms with Gasteiger partial charge in [0.1, 0.15) is 0 Å². The molecule has 8 rings (SSSR count). The molecule has 0 N–H and O–H groups in total. The van der Waals surface area contributed by atoms with Crippen LogP contribution in [-0.2, 0) is 0 Å². The van der Waals surface area contributed by atoms with Crippen LogP contribution in [0.4, 0.5) is 0 Å². The normalized spacial score (nSPS) is 13.9. The maximum atomic E-state index is 2.35. The summed E-state index contributed by atoms with van der Waals surface area (Å²) < 4.78 is 0. The fourth-order valence-electron chi connectivity index (χ4n) is 6.32. The molecule has 0 aromatic heterocycles. The molecule has 0 aliphatic heterocycles. The lowest BCUT2D eigenvalue weighted by Gasteiger charge is -2.11. The SMILES string of the molecule is c1ccc(C2=c3c(ccc4ccccc34)=C3C2=c2ccc4ccccc4c2=C3c2ccccc2)cc1. The van der Waals surface area contributed by atoms with Gasteiger partial charge >= 0.3 is 0 Å². The highest BCUT2D eigenvalue weighted by Gasteiger charge is 2.31. The Labute approximate surface area is 209 Å². The molecule has 2 aliphatic rings. The maximum Gasteiger partial charge on any atom is -0.000718 e. The van der Waals surface area contributed by atoms with E-state index in [1.807, 2.05) is 0 Å². The Morgan fingerprint density at radius 2 is 0.667 bits per heavy atom. The summed E-state index contributed by atoms with van der Waals surface area (Å²) in [5, 5.41) is 10.6. The van der Waals surface area contributed by atoms with Gasteiger partial charge in [0.15, 0.2) is 0 Å². The molecule has 2 aliphatic carbocycles. The monoisotopic (exact) mass is 454 g/mol. The van der Waals surface area contributed by atoms with Crippen molar-refractivity contribution in [3.05, 3.63) is 165 Å². The highest BCUT2D eigenvalue weighted by atomic mass is 14.3. The average Bonchev–Trinajstić information content (AvgIpc) is 3.47. The van der Waals surface area contributed by atoms with Crippen molar-refractivity contribution in [3.63, 3.8) is 0 Å². The lowest BCUT2D eigenvalue weighted by Crippen LogP contribution is -2.29. The van der Waals surface area contributed by atoms with Crippen LogP contribution in [0.15, 0.2) is 133 Å². The molecule has 0 amide bonds. The first-order chi connectivity index (χ1) is 17.9. The van der Waals surface area contributed by atoms with E-state index in [0.717, 1.165) is 0 Å². The Bertz CT molecular complexity index is 1960. The van der Waals surface area contributed by atoms with Crippen LogP contribution in [0.3, 0.4) is 0 Å². The third-order valence-electron chi connectivity index (χ3n) is 7.77. The van der Waals surface area contributed by atoms with Gasteiger partial charge in [-0.2, -0.15) is 0 Å². The summed E-state index contributed by atoms with van der Waals surface area (Å²) in [6.45, 7) is 0. The van der Waals surface area contributed by atoms with Crippen molar-refractivity contribution < 1.29 is 0 Å². The number of fused-ring (bicyclic) bond motifs is 7. The van der Waals surface area contributed by atoms with Gasteiger partial charge in [-0.3, -0.25) is 0 Å². The average molecular weight is 455 g/mol. The fraction of sp³-hybridized carbons (Fsp3) is 0. The molecular formula is C36H22. The van der Waals surface area contributed by atoms with Gasteiger partial charge in [0.2, 0.25) is 0 Å². The van der Waals surface area contributed by atoms with Crippen LogP contribution in [0, 0.1) is 0 Å². The van der Waals surface area contributed by atoms with Gasteiger partial charge in [0.25, 0.3) is 0 Å². The smallest absolute Gasteiger partial charge is 0.000718 e. The quantitative estimate of drug-likeness (QED) is 0.328. The summed E-state index contributed by atoms with van der Waals surface area (Å²) in [4.78, 5) is 0. The molecule has 0 radical (unpaired) electrons. The first kappa shape index (κ1) is 19.6. The Morgan fingerprint density at radius 3 is 1.11 bits per heavy atom. The Kier molecular flexibility index (Phi) is 4.03. The second kappa shape index (κ2) is 7.41. The number of hydrogen-bond acceptors (Lipinski definition) is 0. The van der Waals surface area contributed by atoms with Crippen LogP contribution < -0.4 is 20.9 Å². The standard InChI is InChI=1S/C36H22/c1-3-13-25(14-4-1)31-33-27-17-9-7-11-23(27)19-21-29(33)36-32(26-15-5-2-6-16-26)34-28-18-10-8-12-24(28)20-22-30(34)35(31)36/h1-22H. The van der Waals surface area contributed by atoms with Crippen molar-refractivity contribution in [1.82, 2.24) is 0 Å². The van der Waals surface area contributed by atoms with Gasteiger partial charge in [0.05, 0.1) is 0 Å². The zero-order valence-electron chi connectivity index (χ0n) is 19.7. The molecule has 0 unspecified atom stereocenters. The minimum Gasteiger partial charge on any atom is -0.0622 e. The van der Waals surface area contributed by atoms with E-state index in [2.05, 4.69) is 133 Å². The summed E-state index contributed by atoms with van der Waals surface area (Å²) in [5.41, 5.74) is 7.97. The molecule has 166 valence electrons. The highest BCUT2D eigenvalue weighted by molar-refractivity contribution is 6.32. The topological polar surface area (TPSA) is 0 Å². The van der Waals surface area contributed by atoms with Crippen molar-refractivity contribution in [2.45, 2.75) is 0 Å². The zero-order chi connectivity index (χ0) is 23.6. The number of rotatable bonds is 2. The van der Waals surface area contributed by atoms with Crippen molar-refractivity contribution in [1.29, 1.82) is 0 Å². The van der Waals surface area contributed by atoms with Gasteiger partial charge in [-0.25, -0.2) is 0 Å². The second-order valence-electron chi connectivity index (χ2n) is 9.65. The summed E-state index contributed by atoms with van der Waals surface area (Å²) >= 11 is 0. The Balaban J connectivity index is 1.69. The molecule has 36 heavy (non-hydrogen) atoms. The molecular weight excluding hydrogens is 432 g/mol. The molecule has 6 aromatic rings. The third-order valence-corrected chi connectivity index (χ3v) is 7.77. The van der Waals surface area contributed by atoms with E-state index in [1.54, 1.807) is 0 Å². The van der Waals surface area contributed by atoms with Crippen LogP contribution in [0.1, 0.15) is 11.1 Å². The molecule has 0 fully saturated rings. The maximum absolute atomic E-state index is 2.35. The first-order valence-corrected chi connectivity index (χ1v) is 12.5. The van der Waals surface area contributed by atoms with Gasteiger partial charge in [-0.1, -0.05) is 133 Å². The second-order valence-corrected chi connectivity index (χ2v) is 9.65. The van der Waals surface area contributed by atoms with Crippen LogP contribution in [-0.4, -0.2) is 0 Å². The predicted molar refractivity (Wildman–Crippen MR) is 151 cm³/mol. The molecule has 0 heterocycles. The molecule has 0 spiro atoms. The van der Waals surface area contributed by atoms with Crippen LogP contribution in [0.5, 0.6) is 0 Å². The van der Waals surface area contributed by atoms with Crippen LogP contribution in [0.2, 0.25) is 0 Å². The van der Waals surface area contributed by atoms with E-state index in [1.165, 1.54) is 75.8 Å². The summed E-state index contributed by atoms with van der Waals surface area (Å²) in [7, 11) is 0. The van der Waals surface area contributed by atoms with E-state index < -0.39 is 0 Å². The molecule has 0 nitrogen and oxygen atoms in total. The van der Waals surface area contributed by atoms with Gasteiger partial charge in [0, 0.05) is 0 Å². The Hall–Kier alpha value is -4.68. The highest BCUT2D eigenvalue weighted by Crippen LogP contribution is 2.39. The van der Waals surface area contributed by atoms with Crippen LogP contribution in [0.25, 0.3) is 43.8 Å². The lowest BCUT2D eigenvalue weighted by molar-refractivity contribution is 1.52. The molecule has 0 atom stereocenters. The lowest BCUT2D eigenvalue weighted by atomic mass is 9.92. The van der Waals surface area contributed by atoms with Gasteiger partial charge < -0.3 is 0 Å². The van der Waals surface area contributed by atoms with E-state index in [-0.39, 0.29) is 0 Å². The molecule has 0 saturated carbocycles. The van der Waals surface area contributed by atoms with E-state index in [0.29, 0.717) is 0 Å².